The van der Waals surface area contributed by atoms with E-state index in [0.29, 0.717) is 25.3 Å². The number of amidine groups is 1. The van der Waals surface area contributed by atoms with Crippen molar-refractivity contribution in [1.82, 2.24) is 4.90 Å². The second kappa shape index (κ2) is 3.87. The van der Waals surface area contributed by atoms with E-state index in [4.69, 9.17) is 10.8 Å². The third-order valence-electron chi connectivity index (χ3n) is 2.02. The highest BCUT2D eigenvalue weighted by molar-refractivity contribution is 7.91. The zero-order chi connectivity index (χ0) is 9.90. The maximum atomic E-state index is 11.0. The van der Waals surface area contributed by atoms with Crippen molar-refractivity contribution in [2.75, 3.05) is 24.6 Å². The topological polar surface area (TPSA) is 85.1 Å². The molecule has 1 fully saturated rings. The third kappa shape index (κ3) is 2.80. The zero-order valence-electron chi connectivity index (χ0n) is 7.28. The van der Waals surface area contributed by atoms with E-state index in [2.05, 4.69) is 0 Å². The van der Waals surface area contributed by atoms with Crippen LogP contribution >= 0.6 is 0 Å². The largest absolute Gasteiger partial charge is 0.358 e. The van der Waals surface area contributed by atoms with Gasteiger partial charge in [0.25, 0.3) is 0 Å². The maximum absolute atomic E-state index is 11.0. The van der Waals surface area contributed by atoms with E-state index < -0.39 is 9.84 Å². The minimum Gasteiger partial charge on any atom is -0.358 e. The molecule has 0 bridgehead atoms. The molecule has 0 unspecified atom stereocenters. The van der Waals surface area contributed by atoms with Crippen molar-refractivity contribution in [3.05, 3.63) is 0 Å². The normalized spacial score (nSPS) is 21.1. The molecule has 0 aromatic rings. The maximum Gasteiger partial charge on any atom is 0.153 e. The van der Waals surface area contributed by atoms with Crippen LogP contribution in [0.15, 0.2) is 0 Å². The third-order valence-corrected chi connectivity index (χ3v) is 3.63. The molecule has 1 aliphatic rings. The average Bonchev–Trinajstić information content (AvgIpc) is 2.04. The summed E-state index contributed by atoms with van der Waals surface area (Å²) in [6.45, 7) is 0.796. The van der Waals surface area contributed by atoms with Gasteiger partial charge in [0.2, 0.25) is 0 Å². The van der Waals surface area contributed by atoms with Gasteiger partial charge in [-0.05, 0) is 0 Å². The highest BCUT2D eigenvalue weighted by Gasteiger charge is 2.22. The Morgan fingerprint density at radius 1 is 1.38 bits per heavy atom. The molecule has 0 amide bonds. The fourth-order valence-corrected chi connectivity index (χ4v) is 2.41. The first-order valence-electron chi connectivity index (χ1n) is 4.07. The SMILES string of the molecule is N=CCC(=N)N1CCS(=O)(=O)CC1. The second-order valence-electron chi connectivity index (χ2n) is 2.99. The predicted octanol–water partition coefficient (Wildman–Crippen LogP) is -0.266. The first-order valence-corrected chi connectivity index (χ1v) is 5.89. The number of sulfone groups is 1. The Hall–Kier alpha value is -0.910. The van der Waals surface area contributed by atoms with Gasteiger partial charge in [-0.25, -0.2) is 8.42 Å². The summed E-state index contributed by atoms with van der Waals surface area (Å²) in [5.74, 6) is 0.603. The monoisotopic (exact) mass is 203 g/mol. The van der Waals surface area contributed by atoms with Crippen LogP contribution in [0, 0.1) is 10.8 Å². The highest BCUT2D eigenvalue weighted by Crippen LogP contribution is 2.04. The van der Waals surface area contributed by atoms with Crippen LogP contribution < -0.4 is 0 Å². The number of hydrogen-bond donors (Lipinski definition) is 2. The zero-order valence-corrected chi connectivity index (χ0v) is 8.10. The summed E-state index contributed by atoms with van der Waals surface area (Å²) < 4.78 is 22.1. The molecule has 74 valence electrons. The molecule has 0 aromatic carbocycles. The van der Waals surface area contributed by atoms with Crippen LogP contribution in [0.5, 0.6) is 0 Å². The summed E-state index contributed by atoms with van der Waals surface area (Å²) in [7, 11) is -2.86. The number of rotatable bonds is 2. The van der Waals surface area contributed by atoms with Crippen LogP contribution in [0.25, 0.3) is 0 Å². The number of nitrogens with zero attached hydrogens (tertiary/aromatic N) is 1. The van der Waals surface area contributed by atoms with Gasteiger partial charge in [0.05, 0.1) is 11.5 Å². The van der Waals surface area contributed by atoms with Gasteiger partial charge in [-0.1, -0.05) is 0 Å². The molecule has 0 spiro atoms. The molecule has 0 aliphatic carbocycles. The Labute approximate surface area is 77.7 Å². The Morgan fingerprint density at radius 3 is 2.38 bits per heavy atom. The molecule has 1 aliphatic heterocycles. The minimum atomic E-state index is -2.86. The molecule has 13 heavy (non-hydrogen) atoms. The molecule has 1 heterocycles. The van der Waals surface area contributed by atoms with E-state index in [0.717, 1.165) is 6.21 Å². The van der Waals surface area contributed by atoms with Gasteiger partial charge < -0.3 is 10.3 Å². The Morgan fingerprint density at radius 2 is 1.92 bits per heavy atom. The molecule has 5 nitrogen and oxygen atoms in total. The molecule has 1 saturated heterocycles. The lowest BCUT2D eigenvalue weighted by atomic mass is 10.3. The molecular formula is C7H13N3O2S. The van der Waals surface area contributed by atoms with Crippen LogP contribution in [0.3, 0.4) is 0 Å². The average molecular weight is 203 g/mol. The van der Waals surface area contributed by atoms with E-state index >= 15 is 0 Å². The standard InChI is InChI=1S/C7H13N3O2S/c8-2-1-7(9)10-3-5-13(11,12)6-4-10/h2,8-9H,1,3-6H2. The van der Waals surface area contributed by atoms with Crippen molar-refractivity contribution >= 4 is 21.9 Å². The van der Waals surface area contributed by atoms with Gasteiger partial charge in [0.15, 0.2) is 9.84 Å². The summed E-state index contributed by atoms with van der Waals surface area (Å²) in [6, 6.07) is 0. The molecule has 1 rings (SSSR count). The smallest absolute Gasteiger partial charge is 0.153 e. The van der Waals surface area contributed by atoms with Crippen LogP contribution in [0.2, 0.25) is 0 Å². The highest BCUT2D eigenvalue weighted by atomic mass is 32.2. The van der Waals surface area contributed by atoms with Crippen LogP contribution in [-0.2, 0) is 9.84 Å². The van der Waals surface area contributed by atoms with Gasteiger partial charge in [0.1, 0.15) is 5.84 Å². The van der Waals surface area contributed by atoms with Gasteiger partial charge in [-0.15, -0.1) is 0 Å². The number of nitrogens with one attached hydrogen (secondary N) is 2. The molecule has 0 radical (unpaired) electrons. The first kappa shape index (κ1) is 10.2. The Bertz CT molecular complexity index is 296. The molecule has 0 atom stereocenters. The van der Waals surface area contributed by atoms with Gasteiger partial charge in [-0.2, -0.15) is 0 Å². The lowest BCUT2D eigenvalue weighted by Crippen LogP contribution is -2.43. The molecule has 2 N–H and O–H groups in total. The summed E-state index contributed by atoms with van der Waals surface area (Å²) in [4.78, 5) is 1.71. The van der Waals surface area contributed by atoms with Crippen molar-refractivity contribution in [2.24, 2.45) is 0 Å². The molecule has 0 aromatic heterocycles. The van der Waals surface area contributed by atoms with Crippen LogP contribution in [0.4, 0.5) is 0 Å². The summed E-state index contributed by atoms with van der Waals surface area (Å²) in [5.41, 5.74) is 0. The molecular weight excluding hydrogens is 190 g/mol. The Kier molecular flexibility index (Phi) is 3.02. The van der Waals surface area contributed by atoms with E-state index in [9.17, 15) is 8.42 Å². The van der Waals surface area contributed by atoms with Crippen molar-refractivity contribution in [1.29, 1.82) is 10.8 Å². The van der Waals surface area contributed by atoms with Crippen molar-refractivity contribution in [3.63, 3.8) is 0 Å². The number of hydrogen-bond acceptors (Lipinski definition) is 4. The summed E-state index contributed by atoms with van der Waals surface area (Å²) >= 11 is 0. The van der Waals surface area contributed by atoms with E-state index in [1.807, 2.05) is 0 Å². The van der Waals surface area contributed by atoms with Gasteiger partial charge >= 0.3 is 0 Å². The van der Waals surface area contributed by atoms with E-state index in [1.165, 1.54) is 0 Å². The van der Waals surface area contributed by atoms with Crippen LogP contribution in [0.1, 0.15) is 6.42 Å². The summed E-state index contributed by atoms with van der Waals surface area (Å²) in [6.07, 6.45) is 1.45. The van der Waals surface area contributed by atoms with E-state index in [1.54, 1.807) is 4.90 Å². The van der Waals surface area contributed by atoms with Crippen molar-refractivity contribution in [2.45, 2.75) is 6.42 Å². The molecule has 6 heteroatoms. The fourth-order valence-electron chi connectivity index (χ4n) is 1.21. The minimum absolute atomic E-state index is 0.132. The second-order valence-corrected chi connectivity index (χ2v) is 5.30. The lowest BCUT2D eigenvalue weighted by molar-refractivity contribution is 0.436. The first-order chi connectivity index (χ1) is 6.05. The van der Waals surface area contributed by atoms with E-state index in [-0.39, 0.29) is 11.5 Å². The lowest BCUT2D eigenvalue weighted by Gasteiger charge is -2.28. The fraction of sp³-hybridized carbons (Fsp3) is 0.714. The van der Waals surface area contributed by atoms with Gasteiger partial charge in [-0.3, -0.25) is 5.41 Å². The van der Waals surface area contributed by atoms with Crippen LogP contribution in [-0.4, -0.2) is 50.0 Å². The molecule has 0 saturated carbocycles. The van der Waals surface area contributed by atoms with Crippen molar-refractivity contribution in [3.8, 4) is 0 Å². The quantitative estimate of drug-likeness (QED) is 0.478. The summed E-state index contributed by atoms with van der Waals surface area (Å²) in [5, 5.41) is 14.3. The van der Waals surface area contributed by atoms with Crippen molar-refractivity contribution < 1.29 is 8.42 Å². The van der Waals surface area contributed by atoms with Gasteiger partial charge in [0, 0.05) is 25.7 Å². The Balaban J connectivity index is 2.50. The predicted molar refractivity (Wildman–Crippen MR) is 51.4 cm³/mol.